The summed E-state index contributed by atoms with van der Waals surface area (Å²) in [6.07, 6.45) is 5.07. The molecule has 1 aliphatic carbocycles. The second kappa shape index (κ2) is 10.5. The number of rotatable bonds is 8. The predicted octanol–water partition coefficient (Wildman–Crippen LogP) is 3.87. The molecule has 1 aromatic carbocycles. The average molecular weight is 438 g/mol. The Morgan fingerprint density at radius 2 is 2.10 bits per heavy atom. The van der Waals surface area contributed by atoms with Crippen LogP contribution >= 0.6 is 23.4 Å². The summed E-state index contributed by atoms with van der Waals surface area (Å²) < 4.78 is 6.75. The topological polar surface area (TPSA) is 73.2 Å². The number of hydrogen-bond acceptors (Lipinski definition) is 5. The molecule has 1 fully saturated rings. The summed E-state index contributed by atoms with van der Waals surface area (Å²) >= 11 is 7.37. The number of ether oxygens (including phenoxy) is 1. The molecule has 1 heterocycles. The number of carbonyl (C=O) groups is 1. The Bertz CT molecular complexity index is 910. The van der Waals surface area contributed by atoms with E-state index in [-0.39, 0.29) is 23.3 Å². The van der Waals surface area contributed by atoms with Crippen LogP contribution in [-0.2, 0) is 16.1 Å². The van der Waals surface area contributed by atoms with Crippen LogP contribution in [0.15, 0.2) is 28.2 Å². The van der Waals surface area contributed by atoms with E-state index in [0.29, 0.717) is 40.7 Å². The van der Waals surface area contributed by atoms with Gasteiger partial charge in [0.25, 0.3) is 5.56 Å². The van der Waals surface area contributed by atoms with E-state index in [9.17, 15) is 9.59 Å². The fraction of sp³-hybridized carbons (Fsp3) is 0.571. The third-order valence-corrected chi connectivity index (χ3v) is 6.54. The molecular weight excluding hydrogens is 410 g/mol. The highest BCUT2D eigenvalue weighted by Gasteiger charge is 2.20. The number of nitrogens with one attached hydrogen (secondary N) is 1. The molecule has 1 saturated carbocycles. The minimum Gasteiger partial charge on any atom is -0.385 e. The van der Waals surface area contributed by atoms with Gasteiger partial charge >= 0.3 is 0 Å². The summed E-state index contributed by atoms with van der Waals surface area (Å²) in [6, 6.07) is 5.33. The first kappa shape index (κ1) is 22.1. The molecule has 158 valence electrons. The Balaban J connectivity index is 1.74. The number of fused-ring (bicyclic) bond motifs is 1. The van der Waals surface area contributed by atoms with Crippen LogP contribution < -0.4 is 10.9 Å². The van der Waals surface area contributed by atoms with Crippen LogP contribution in [0.25, 0.3) is 10.9 Å². The molecule has 3 rings (SSSR count). The van der Waals surface area contributed by atoms with Gasteiger partial charge in [-0.3, -0.25) is 14.2 Å². The van der Waals surface area contributed by atoms with Gasteiger partial charge in [-0.05, 0) is 56.2 Å². The number of amides is 1. The van der Waals surface area contributed by atoms with Crippen LogP contribution in [0.1, 0.15) is 39.0 Å². The summed E-state index contributed by atoms with van der Waals surface area (Å²) in [6.45, 7) is 3.30. The Labute approximate surface area is 180 Å². The minimum atomic E-state index is -0.119. The number of nitrogens with zero attached hydrogens (tertiary/aromatic N) is 2. The highest BCUT2D eigenvalue weighted by molar-refractivity contribution is 7.99. The average Bonchev–Trinajstić information content (AvgIpc) is 2.70. The molecule has 0 unspecified atom stereocenters. The van der Waals surface area contributed by atoms with Crippen molar-refractivity contribution in [3.05, 3.63) is 33.6 Å². The van der Waals surface area contributed by atoms with E-state index in [1.54, 1.807) is 29.9 Å². The maximum atomic E-state index is 13.0. The summed E-state index contributed by atoms with van der Waals surface area (Å²) in [5.41, 5.74) is 0.432. The van der Waals surface area contributed by atoms with E-state index in [1.807, 2.05) is 0 Å². The van der Waals surface area contributed by atoms with Gasteiger partial charge in [-0.2, -0.15) is 0 Å². The van der Waals surface area contributed by atoms with Gasteiger partial charge in [0, 0.05) is 31.3 Å². The van der Waals surface area contributed by atoms with Gasteiger partial charge in [0.15, 0.2) is 5.16 Å². The van der Waals surface area contributed by atoms with Crippen molar-refractivity contribution < 1.29 is 9.53 Å². The van der Waals surface area contributed by atoms with E-state index in [0.717, 1.165) is 31.6 Å². The standard InChI is InChI=1S/C21H28ClN3O3S/c1-14-4-7-16(8-5-14)23-19(26)13-29-21-24-18-12-15(22)6-9-17(18)20(27)25(21)10-3-11-28-2/h6,9,12,14,16H,3-5,7-8,10-11,13H2,1-2H3,(H,23,26). The predicted molar refractivity (Wildman–Crippen MR) is 118 cm³/mol. The lowest BCUT2D eigenvalue weighted by molar-refractivity contribution is -0.119. The summed E-state index contributed by atoms with van der Waals surface area (Å²) in [7, 11) is 1.63. The molecule has 2 aromatic rings. The molecule has 0 aliphatic heterocycles. The Morgan fingerprint density at radius 1 is 1.34 bits per heavy atom. The Morgan fingerprint density at radius 3 is 2.83 bits per heavy atom. The van der Waals surface area contributed by atoms with E-state index in [1.165, 1.54) is 11.8 Å². The Kier molecular flexibility index (Phi) is 7.98. The fourth-order valence-corrected chi connectivity index (χ4v) is 4.65. The number of halogens is 1. The van der Waals surface area contributed by atoms with Gasteiger partial charge in [0.1, 0.15) is 0 Å². The van der Waals surface area contributed by atoms with Crippen LogP contribution in [0.3, 0.4) is 0 Å². The van der Waals surface area contributed by atoms with Crippen LogP contribution in [0.4, 0.5) is 0 Å². The number of hydrogen-bond donors (Lipinski definition) is 1. The van der Waals surface area contributed by atoms with Crippen molar-refractivity contribution >= 4 is 40.2 Å². The van der Waals surface area contributed by atoms with Crippen LogP contribution in [0.2, 0.25) is 5.02 Å². The summed E-state index contributed by atoms with van der Waals surface area (Å²) in [4.78, 5) is 30.0. The molecule has 8 heteroatoms. The second-order valence-corrected chi connectivity index (χ2v) is 9.05. The van der Waals surface area contributed by atoms with E-state index >= 15 is 0 Å². The van der Waals surface area contributed by atoms with Gasteiger partial charge in [-0.1, -0.05) is 30.3 Å². The first-order valence-electron chi connectivity index (χ1n) is 10.1. The van der Waals surface area contributed by atoms with Crippen molar-refractivity contribution in [1.29, 1.82) is 0 Å². The van der Waals surface area contributed by atoms with Gasteiger partial charge in [-0.15, -0.1) is 0 Å². The van der Waals surface area contributed by atoms with Crippen molar-refractivity contribution in [2.45, 2.75) is 56.8 Å². The monoisotopic (exact) mass is 437 g/mol. The molecule has 0 atom stereocenters. The second-order valence-electron chi connectivity index (χ2n) is 7.67. The minimum absolute atomic E-state index is 0.0153. The van der Waals surface area contributed by atoms with E-state index < -0.39 is 0 Å². The van der Waals surface area contributed by atoms with Crippen molar-refractivity contribution in [3.63, 3.8) is 0 Å². The Hall–Kier alpha value is -1.57. The van der Waals surface area contributed by atoms with Gasteiger partial charge in [0.2, 0.25) is 5.91 Å². The number of carbonyl (C=O) groups excluding carboxylic acids is 1. The zero-order valence-corrected chi connectivity index (χ0v) is 18.5. The number of benzene rings is 1. The number of thioether (sulfide) groups is 1. The largest absolute Gasteiger partial charge is 0.385 e. The van der Waals surface area contributed by atoms with Crippen molar-refractivity contribution in [3.8, 4) is 0 Å². The quantitative estimate of drug-likeness (QED) is 0.385. The smallest absolute Gasteiger partial charge is 0.262 e. The van der Waals surface area contributed by atoms with Crippen LogP contribution in [0, 0.1) is 5.92 Å². The molecule has 0 saturated heterocycles. The molecular formula is C21H28ClN3O3S. The zero-order chi connectivity index (χ0) is 20.8. The fourth-order valence-electron chi connectivity index (χ4n) is 3.65. The molecule has 1 amide bonds. The van der Waals surface area contributed by atoms with Crippen molar-refractivity contribution in [1.82, 2.24) is 14.9 Å². The van der Waals surface area contributed by atoms with Crippen molar-refractivity contribution in [2.75, 3.05) is 19.5 Å². The molecule has 1 aromatic heterocycles. The van der Waals surface area contributed by atoms with Gasteiger partial charge < -0.3 is 10.1 Å². The highest BCUT2D eigenvalue weighted by Crippen LogP contribution is 2.24. The molecule has 29 heavy (non-hydrogen) atoms. The third kappa shape index (κ3) is 5.96. The highest BCUT2D eigenvalue weighted by atomic mass is 35.5. The first-order valence-corrected chi connectivity index (χ1v) is 11.5. The molecule has 0 spiro atoms. The van der Waals surface area contributed by atoms with Gasteiger partial charge in [0.05, 0.1) is 16.7 Å². The summed E-state index contributed by atoms with van der Waals surface area (Å²) in [5, 5.41) is 4.72. The molecule has 6 nitrogen and oxygen atoms in total. The lowest BCUT2D eigenvalue weighted by atomic mass is 9.87. The van der Waals surface area contributed by atoms with Crippen molar-refractivity contribution in [2.24, 2.45) is 5.92 Å². The van der Waals surface area contributed by atoms with E-state index in [2.05, 4.69) is 17.2 Å². The maximum Gasteiger partial charge on any atom is 0.262 e. The number of methoxy groups -OCH3 is 1. The first-order chi connectivity index (χ1) is 14.0. The third-order valence-electron chi connectivity index (χ3n) is 5.33. The molecule has 1 N–H and O–H groups in total. The lowest BCUT2D eigenvalue weighted by Crippen LogP contribution is -2.38. The summed E-state index contributed by atoms with van der Waals surface area (Å²) in [5.74, 6) is 0.959. The SMILES string of the molecule is COCCCn1c(SCC(=O)NC2CCC(C)CC2)nc2cc(Cl)ccc2c1=O. The maximum absolute atomic E-state index is 13.0. The molecule has 0 radical (unpaired) electrons. The lowest BCUT2D eigenvalue weighted by Gasteiger charge is -2.26. The molecule has 1 aliphatic rings. The van der Waals surface area contributed by atoms with E-state index in [4.69, 9.17) is 16.3 Å². The number of aromatic nitrogens is 2. The van der Waals surface area contributed by atoms with Gasteiger partial charge in [-0.25, -0.2) is 4.98 Å². The van der Waals surface area contributed by atoms with Crippen LogP contribution in [0.5, 0.6) is 0 Å². The zero-order valence-electron chi connectivity index (χ0n) is 16.9. The van der Waals surface area contributed by atoms with Crippen LogP contribution in [-0.4, -0.2) is 41.0 Å². The normalized spacial score (nSPS) is 19.4. The molecule has 0 bridgehead atoms.